The second kappa shape index (κ2) is 12.1. The van der Waals surface area contributed by atoms with Crippen molar-refractivity contribution in [2.45, 2.75) is 36.9 Å². The number of aromatic nitrogens is 1. The quantitative estimate of drug-likeness (QED) is 0.190. The van der Waals surface area contributed by atoms with Crippen LogP contribution in [0.15, 0.2) is 59.8 Å². The molecular weight excluding hydrogens is 538 g/mol. The number of nitrogens with one attached hydrogen (secondary N) is 1. The molecule has 0 spiro atoms. The van der Waals surface area contributed by atoms with E-state index < -0.39 is 23.8 Å². The molecule has 5 nitrogen and oxygen atoms in total. The van der Waals surface area contributed by atoms with Gasteiger partial charge in [-0.3, -0.25) is 0 Å². The summed E-state index contributed by atoms with van der Waals surface area (Å²) in [4.78, 5) is 15.9. The molecule has 1 aromatic heterocycles. The minimum atomic E-state index is -3.03. The molecule has 3 aromatic rings. The highest BCUT2D eigenvalue weighted by atomic mass is 35.5. The van der Waals surface area contributed by atoms with Gasteiger partial charge in [0.25, 0.3) is 0 Å². The van der Waals surface area contributed by atoms with E-state index in [1.54, 1.807) is 6.07 Å². The molecule has 1 aliphatic rings. The SMILES string of the molecule is O=C(O[C@@H](Cc1c(Cl)c[nH+]cc1Cl)c1ccc(OC(F)F)c(OCC2CC2)c1)Sc1cccc(F)c1. The van der Waals surface area contributed by atoms with Crippen LogP contribution in [-0.2, 0) is 11.2 Å². The second-order valence-electron chi connectivity index (χ2n) is 8.09. The topological polar surface area (TPSA) is 58.9 Å². The van der Waals surface area contributed by atoms with E-state index in [1.165, 1.54) is 48.8 Å². The van der Waals surface area contributed by atoms with Gasteiger partial charge in [0.05, 0.1) is 6.61 Å². The number of H-pyrrole nitrogens is 1. The molecule has 1 atom stereocenters. The number of carbonyl (C=O) groups excluding carboxylic acids is 1. The van der Waals surface area contributed by atoms with Crippen LogP contribution in [0.4, 0.5) is 18.0 Å². The van der Waals surface area contributed by atoms with Gasteiger partial charge in [0.2, 0.25) is 0 Å². The van der Waals surface area contributed by atoms with Crippen molar-refractivity contribution in [3.05, 3.63) is 81.8 Å². The zero-order valence-electron chi connectivity index (χ0n) is 18.7. The number of aromatic amines is 1. The van der Waals surface area contributed by atoms with E-state index in [-0.39, 0.29) is 17.9 Å². The van der Waals surface area contributed by atoms with Crippen LogP contribution in [0.3, 0.4) is 0 Å². The van der Waals surface area contributed by atoms with Gasteiger partial charge in [-0.25, -0.2) is 14.2 Å². The first-order valence-electron chi connectivity index (χ1n) is 11.0. The smallest absolute Gasteiger partial charge is 0.387 e. The number of pyridine rings is 1. The lowest BCUT2D eigenvalue weighted by atomic mass is 10.0. The maximum Gasteiger partial charge on any atom is 0.387 e. The molecule has 1 heterocycles. The number of rotatable bonds is 10. The molecule has 0 unspecified atom stereocenters. The summed E-state index contributed by atoms with van der Waals surface area (Å²) in [6.07, 6.45) is 4.24. The van der Waals surface area contributed by atoms with Gasteiger partial charge in [0.1, 0.15) is 22.0 Å². The highest BCUT2D eigenvalue weighted by Gasteiger charge is 2.26. The van der Waals surface area contributed by atoms with Crippen LogP contribution in [0, 0.1) is 11.7 Å². The molecular formula is C25H21Cl2F3NO4S+. The monoisotopic (exact) mass is 558 g/mol. The fourth-order valence-corrected chi connectivity index (χ4v) is 4.58. The first kappa shape index (κ1) is 26.4. The Labute approximate surface area is 219 Å². The van der Waals surface area contributed by atoms with Crippen molar-refractivity contribution in [1.29, 1.82) is 0 Å². The number of thioether (sulfide) groups is 1. The Morgan fingerprint density at radius 1 is 1.08 bits per heavy atom. The van der Waals surface area contributed by atoms with Gasteiger partial charge in [0, 0.05) is 16.9 Å². The summed E-state index contributed by atoms with van der Waals surface area (Å²) in [7, 11) is 0. The number of carbonyl (C=O) groups is 1. The average Bonchev–Trinajstić information content (AvgIpc) is 3.64. The summed E-state index contributed by atoms with van der Waals surface area (Å²) in [5.41, 5.74) is 0.967. The van der Waals surface area contributed by atoms with Crippen LogP contribution in [0.2, 0.25) is 10.0 Å². The minimum Gasteiger partial charge on any atom is -0.489 e. The largest absolute Gasteiger partial charge is 0.489 e. The molecule has 0 radical (unpaired) electrons. The summed E-state index contributed by atoms with van der Waals surface area (Å²) in [5.74, 6) is -0.144. The van der Waals surface area contributed by atoms with Gasteiger partial charge in [0.15, 0.2) is 23.9 Å². The molecule has 1 aliphatic carbocycles. The van der Waals surface area contributed by atoms with E-state index in [2.05, 4.69) is 9.72 Å². The molecule has 1 saturated carbocycles. The molecule has 0 aliphatic heterocycles. The number of halogens is 5. The second-order valence-corrected chi connectivity index (χ2v) is 9.91. The fraction of sp³-hybridized carbons (Fsp3) is 0.280. The van der Waals surface area contributed by atoms with Gasteiger partial charge in [-0.2, -0.15) is 8.78 Å². The third kappa shape index (κ3) is 7.44. The van der Waals surface area contributed by atoms with E-state index in [4.69, 9.17) is 32.7 Å². The van der Waals surface area contributed by atoms with Crippen LogP contribution in [-0.4, -0.2) is 18.5 Å². The van der Waals surface area contributed by atoms with Crippen LogP contribution in [0.5, 0.6) is 11.5 Å². The fourth-order valence-electron chi connectivity index (χ4n) is 3.37. The zero-order valence-corrected chi connectivity index (χ0v) is 21.0. The first-order chi connectivity index (χ1) is 17.3. The van der Waals surface area contributed by atoms with Crippen LogP contribution in [0.25, 0.3) is 0 Å². The number of hydrogen-bond donors (Lipinski definition) is 0. The van der Waals surface area contributed by atoms with E-state index in [1.807, 2.05) is 0 Å². The number of benzene rings is 2. The van der Waals surface area contributed by atoms with Crippen LogP contribution in [0.1, 0.15) is 30.1 Å². The van der Waals surface area contributed by atoms with E-state index in [0.29, 0.717) is 50.4 Å². The van der Waals surface area contributed by atoms with Crippen LogP contribution < -0.4 is 14.5 Å². The van der Waals surface area contributed by atoms with Crippen molar-refractivity contribution in [2.24, 2.45) is 5.92 Å². The van der Waals surface area contributed by atoms with Gasteiger partial charge >= 0.3 is 11.9 Å². The van der Waals surface area contributed by atoms with Crippen molar-refractivity contribution in [3.63, 3.8) is 0 Å². The average molecular weight is 559 g/mol. The first-order valence-corrected chi connectivity index (χ1v) is 12.5. The Morgan fingerprint density at radius 2 is 1.83 bits per heavy atom. The van der Waals surface area contributed by atoms with Gasteiger partial charge in [-0.05, 0) is 66.4 Å². The number of alkyl halides is 2. The van der Waals surface area contributed by atoms with E-state index in [9.17, 15) is 18.0 Å². The summed E-state index contributed by atoms with van der Waals surface area (Å²) in [5, 5.41) is -0.0536. The normalized spacial score (nSPS) is 13.9. The lowest BCUT2D eigenvalue weighted by Crippen LogP contribution is -2.14. The van der Waals surface area contributed by atoms with Crippen molar-refractivity contribution in [3.8, 4) is 11.5 Å². The minimum absolute atomic E-state index is 0.0823. The van der Waals surface area contributed by atoms with E-state index in [0.717, 1.165) is 12.8 Å². The van der Waals surface area contributed by atoms with Crippen molar-refractivity contribution in [1.82, 2.24) is 0 Å². The molecule has 4 rings (SSSR count). The number of ether oxygens (including phenoxy) is 3. The summed E-state index contributed by atoms with van der Waals surface area (Å²) >= 11 is 13.3. The number of hydrogen-bond acceptors (Lipinski definition) is 5. The maximum atomic E-state index is 13.6. The van der Waals surface area contributed by atoms with Gasteiger partial charge < -0.3 is 14.2 Å². The summed E-state index contributed by atoms with van der Waals surface area (Å²) in [6, 6.07) is 9.87. The Bertz CT molecular complexity index is 1210. The van der Waals surface area contributed by atoms with E-state index >= 15 is 0 Å². The van der Waals surface area contributed by atoms with Crippen molar-refractivity contribution in [2.75, 3.05) is 6.61 Å². The maximum absolute atomic E-state index is 13.6. The van der Waals surface area contributed by atoms with Crippen molar-refractivity contribution < 1.29 is 37.2 Å². The van der Waals surface area contributed by atoms with Crippen molar-refractivity contribution >= 4 is 40.3 Å². The Balaban J connectivity index is 1.63. The molecule has 36 heavy (non-hydrogen) atoms. The molecule has 0 bridgehead atoms. The summed E-state index contributed by atoms with van der Waals surface area (Å²) in [6.45, 7) is -2.68. The molecule has 0 amide bonds. The highest BCUT2D eigenvalue weighted by molar-refractivity contribution is 8.13. The lowest BCUT2D eigenvalue weighted by molar-refractivity contribution is -0.377. The lowest BCUT2D eigenvalue weighted by Gasteiger charge is -2.21. The molecule has 190 valence electrons. The molecule has 11 heteroatoms. The highest BCUT2D eigenvalue weighted by Crippen LogP contribution is 2.38. The summed E-state index contributed by atoms with van der Waals surface area (Å²) < 4.78 is 55.6. The third-order valence-corrected chi connectivity index (χ3v) is 6.78. The molecule has 1 N–H and O–H groups in total. The Kier molecular flexibility index (Phi) is 8.87. The zero-order chi connectivity index (χ0) is 25.7. The standard InChI is InChI=1S/C25H20Cl2F3NO4S/c26-19-11-31-12-20(27)18(19)10-22(35-25(32)36-17-3-1-2-16(28)9-17)15-6-7-21(34-24(29)30)23(8-15)33-13-14-4-5-14/h1-3,6-9,11-12,14,22,24H,4-5,10,13H2/p+1/t22-/m0/s1. The Hall–Kier alpha value is -2.62. The molecule has 1 fully saturated rings. The predicted octanol–water partition coefficient (Wildman–Crippen LogP) is 7.55. The third-order valence-electron chi connectivity index (χ3n) is 5.35. The van der Waals surface area contributed by atoms with Gasteiger partial charge in [-0.15, -0.1) is 0 Å². The molecule has 2 aromatic carbocycles. The molecule has 0 saturated heterocycles. The predicted molar refractivity (Wildman–Crippen MR) is 129 cm³/mol. The van der Waals surface area contributed by atoms with Crippen LogP contribution >= 0.6 is 35.0 Å². The Morgan fingerprint density at radius 3 is 2.50 bits per heavy atom. The van der Waals surface area contributed by atoms with Gasteiger partial charge in [-0.1, -0.05) is 35.3 Å².